The van der Waals surface area contributed by atoms with Crippen molar-refractivity contribution in [2.45, 2.75) is 18.3 Å². The van der Waals surface area contributed by atoms with Gasteiger partial charge in [-0.2, -0.15) is 0 Å². The third kappa shape index (κ3) is 3.50. The van der Waals surface area contributed by atoms with Gasteiger partial charge in [-0.1, -0.05) is 15.9 Å². The number of aromatic nitrogens is 2. The van der Waals surface area contributed by atoms with E-state index in [9.17, 15) is 4.79 Å². The maximum atomic E-state index is 11.1. The molecule has 1 atom stereocenters. The molecule has 1 aromatic heterocycles. The molecule has 1 N–H and O–H groups in total. The minimum Gasteiger partial charge on any atom is -0.349 e. The summed E-state index contributed by atoms with van der Waals surface area (Å²) in [5.74, 6) is -0.0430. The molecule has 0 aliphatic heterocycles. The van der Waals surface area contributed by atoms with Crippen molar-refractivity contribution in [1.29, 1.82) is 0 Å². The van der Waals surface area contributed by atoms with E-state index in [-0.39, 0.29) is 10.7 Å². The summed E-state index contributed by atoms with van der Waals surface area (Å²) in [6.07, 6.45) is 3.10. The fraction of sp³-hybridized carbons (Fsp3) is 0.375. The molecular formula is C8H10BrN3O. The average molecular weight is 244 g/mol. The quantitative estimate of drug-likeness (QED) is 0.803. The Bertz CT molecular complexity index is 276. The summed E-state index contributed by atoms with van der Waals surface area (Å²) in [5, 5.41) is 2.72. The van der Waals surface area contributed by atoms with Gasteiger partial charge < -0.3 is 5.32 Å². The van der Waals surface area contributed by atoms with Gasteiger partial charge in [0.1, 0.15) is 6.33 Å². The molecule has 5 heteroatoms. The van der Waals surface area contributed by atoms with Crippen LogP contribution in [-0.4, -0.2) is 20.7 Å². The van der Waals surface area contributed by atoms with Gasteiger partial charge in [-0.25, -0.2) is 9.97 Å². The fourth-order valence-electron chi connectivity index (χ4n) is 0.741. The summed E-state index contributed by atoms with van der Waals surface area (Å²) in [7, 11) is 0. The number of halogens is 1. The van der Waals surface area contributed by atoms with Crippen molar-refractivity contribution in [3.05, 3.63) is 24.3 Å². The second-order valence-electron chi connectivity index (χ2n) is 2.53. The van der Waals surface area contributed by atoms with Crippen LogP contribution in [0.3, 0.4) is 0 Å². The predicted octanol–water partition coefficient (Wildman–Crippen LogP) is 0.876. The lowest BCUT2D eigenvalue weighted by molar-refractivity contribution is -0.120. The first-order valence-electron chi connectivity index (χ1n) is 3.87. The first-order valence-corrected chi connectivity index (χ1v) is 4.78. The number of nitrogens with zero attached hydrogens (tertiary/aromatic N) is 2. The number of carbonyl (C=O) groups is 1. The Kier molecular flexibility index (Phi) is 3.82. The van der Waals surface area contributed by atoms with Crippen LogP contribution in [0.1, 0.15) is 12.6 Å². The van der Waals surface area contributed by atoms with Gasteiger partial charge in [0, 0.05) is 6.20 Å². The molecule has 1 aromatic rings. The zero-order valence-electron chi connectivity index (χ0n) is 7.20. The van der Waals surface area contributed by atoms with Crippen LogP contribution < -0.4 is 5.32 Å². The van der Waals surface area contributed by atoms with Crippen molar-refractivity contribution in [3.8, 4) is 0 Å². The lowest BCUT2D eigenvalue weighted by Gasteiger charge is -2.05. The fourth-order valence-corrected chi connectivity index (χ4v) is 0.903. The van der Waals surface area contributed by atoms with Gasteiger partial charge >= 0.3 is 0 Å². The van der Waals surface area contributed by atoms with E-state index < -0.39 is 0 Å². The molecule has 1 amide bonds. The summed E-state index contributed by atoms with van der Waals surface area (Å²) in [4.78, 5) is 18.7. The Labute approximate surface area is 84.9 Å². The van der Waals surface area contributed by atoms with Crippen LogP contribution in [0.5, 0.6) is 0 Å². The van der Waals surface area contributed by atoms with Crippen molar-refractivity contribution in [3.63, 3.8) is 0 Å². The van der Waals surface area contributed by atoms with Gasteiger partial charge in [-0.05, 0) is 13.0 Å². The van der Waals surface area contributed by atoms with E-state index in [1.807, 2.05) is 0 Å². The highest BCUT2D eigenvalue weighted by Gasteiger charge is 2.07. The number of rotatable bonds is 3. The molecule has 0 aliphatic rings. The molecule has 0 radical (unpaired) electrons. The van der Waals surface area contributed by atoms with E-state index in [1.165, 1.54) is 6.33 Å². The molecule has 0 fully saturated rings. The van der Waals surface area contributed by atoms with Crippen molar-refractivity contribution >= 4 is 21.8 Å². The van der Waals surface area contributed by atoms with Gasteiger partial charge in [0.25, 0.3) is 0 Å². The van der Waals surface area contributed by atoms with Crippen molar-refractivity contribution in [1.82, 2.24) is 15.3 Å². The van der Waals surface area contributed by atoms with Crippen LogP contribution in [0.15, 0.2) is 18.6 Å². The van der Waals surface area contributed by atoms with Crippen molar-refractivity contribution in [2.24, 2.45) is 0 Å². The minimum absolute atomic E-state index is 0.0430. The summed E-state index contributed by atoms with van der Waals surface area (Å²) in [6, 6.07) is 1.76. The number of nitrogens with one attached hydrogen (secondary N) is 1. The Morgan fingerprint density at radius 3 is 3.08 bits per heavy atom. The molecule has 4 nitrogen and oxygen atoms in total. The van der Waals surface area contributed by atoms with Crippen LogP contribution >= 0.6 is 15.9 Å². The molecule has 0 aliphatic carbocycles. The van der Waals surface area contributed by atoms with Gasteiger partial charge in [0.2, 0.25) is 5.91 Å². The molecule has 0 saturated carbocycles. The molecular weight excluding hydrogens is 234 g/mol. The zero-order valence-corrected chi connectivity index (χ0v) is 8.78. The van der Waals surface area contributed by atoms with E-state index in [0.29, 0.717) is 6.54 Å². The van der Waals surface area contributed by atoms with Crippen LogP contribution in [-0.2, 0) is 11.3 Å². The third-order valence-electron chi connectivity index (χ3n) is 1.45. The first kappa shape index (κ1) is 10.1. The van der Waals surface area contributed by atoms with E-state index in [0.717, 1.165) is 5.69 Å². The Morgan fingerprint density at radius 2 is 2.54 bits per heavy atom. The molecule has 1 rings (SSSR count). The van der Waals surface area contributed by atoms with E-state index in [2.05, 4.69) is 31.2 Å². The number of amides is 1. The Hall–Kier alpha value is -0.970. The topological polar surface area (TPSA) is 54.9 Å². The Morgan fingerprint density at radius 1 is 1.77 bits per heavy atom. The molecule has 0 bridgehead atoms. The molecule has 70 valence electrons. The number of hydrogen-bond acceptors (Lipinski definition) is 3. The normalized spacial score (nSPS) is 12.2. The van der Waals surface area contributed by atoms with Gasteiger partial charge in [0.15, 0.2) is 0 Å². The van der Waals surface area contributed by atoms with E-state index in [4.69, 9.17) is 0 Å². The number of alkyl halides is 1. The highest BCUT2D eigenvalue weighted by Crippen LogP contribution is 1.97. The van der Waals surface area contributed by atoms with Gasteiger partial charge in [0.05, 0.1) is 17.1 Å². The lowest BCUT2D eigenvalue weighted by Crippen LogP contribution is -2.29. The summed E-state index contributed by atoms with van der Waals surface area (Å²) >= 11 is 3.17. The van der Waals surface area contributed by atoms with Crippen LogP contribution in [0.4, 0.5) is 0 Å². The molecule has 0 aromatic carbocycles. The van der Waals surface area contributed by atoms with Crippen LogP contribution in [0.2, 0.25) is 0 Å². The van der Waals surface area contributed by atoms with Crippen LogP contribution in [0, 0.1) is 0 Å². The summed E-state index contributed by atoms with van der Waals surface area (Å²) in [6.45, 7) is 2.21. The third-order valence-corrected chi connectivity index (χ3v) is 1.86. The lowest BCUT2D eigenvalue weighted by atomic mass is 10.4. The van der Waals surface area contributed by atoms with Crippen LogP contribution in [0.25, 0.3) is 0 Å². The molecule has 0 saturated heterocycles. The highest BCUT2D eigenvalue weighted by molar-refractivity contribution is 9.10. The van der Waals surface area contributed by atoms with E-state index >= 15 is 0 Å². The smallest absolute Gasteiger partial charge is 0.233 e. The SMILES string of the molecule is CC(Br)C(=O)NCc1ccncn1. The van der Waals surface area contributed by atoms with Gasteiger partial charge in [-0.3, -0.25) is 4.79 Å². The molecule has 13 heavy (non-hydrogen) atoms. The Balaban J connectivity index is 2.40. The maximum absolute atomic E-state index is 11.1. The molecule has 0 spiro atoms. The first-order chi connectivity index (χ1) is 6.20. The van der Waals surface area contributed by atoms with Crippen molar-refractivity contribution in [2.75, 3.05) is 0 Å². The largest absolute Gasteiger partial charge is 0.349 e. The predicted molar refractivity (Wildman–Crippen MR) is 52.3 cm³/mol. The maximum Gasteiger partial charge on any atom is 0.233 e. The zero-order chi connectivity index (χ0) is 9.68. The monoisotopic (exact) mass is 243 g/mol. The second kappa shape index (κ2) is 4.91. The minimum atomic E-state index is -0.172. The highest BCUT2D eigenvalue weighted by atomic mass is 79.9. The molecule has 1 heterocycles. The number of hydrogen-bond donors (Lipinski definition) is 1. The summed E-state index contributed by atoms with van der Waals surface area (Å²) in [5.41, 5.74) is 0.802. The number of carbonyl (C=O) groups excluding carboxylic acids is 1. The average Bonchev–Trinajstić information content (AvgIpc) is 2.15. The van der Waals surface area contributed by atoms with Gasteiger partial charge in [-0.15, -0.1) is 0 Å². The van der Waals surface area contributed by atoms with E-state index in [1.54, 1.807) is 19.2 Å². The standard InChI is InChI=1S/C8H10BrN3O/c1-6(9)8(13)11-4-7-2-3-10-5-12-7/h2-3,5-6H,4H2,1H3,(H,11,13). The molecule has 1 unspecified atom stereocenters. The van der Waals surface area contributed by atoms with Crippen molar-refractivity contribution < 1.29 is 4.79 Å². The second-order valence-corrected chi connectivity index (χ2v) is 3.91. The summed E-state index contributed by atoms with van der Waals surface area (Å²) < 4.78 is 0.